The summed E-state index contributed by atoms with van der Waals surface area (Å²) in [5, 5.41) is 22.2. The molecule has 0 saturated heterocycles. The number of benzene rings is 1. The Balaban J connectivity index is 2.73. The second-order valence-corrected chi connectivity index (χ2v) is 4.76. The zero-order chi connectivity index (χ0) is 12.9. The quantitative estimate of drug-likeness (QED) is 0.820. The highest BCUT2D eigenvalue weighted by Crippen LogP contribution is 2.19. The Morgan fingerprint density at radius 3 is 2.76 bits per heavy atom. The van der Waals surface area contributed by atoms with Crippen molar-refractivity contribution in [2.24, 2.45) is 0 Å². The van der Waals surface area contributed by atoms with Gasteiger partial charge in [-0.25, -0.2) is 0 Å². The van der Waals surface area contributed by atoms with E-state index in [1.807, 2.05) is 39.0 Å². The van der Waals surface area contributed by atoms with Crippen LogP contribution >= 0.6 is 0 Å². The molecular formula is C14H20N2O. The van der Waals surface area contributed by atoms with Crippen molar-refractivity contribution in [1.82, 2.24) is 0 Å². The summed E-state index contributed by atoms with van der Waals surface area (Å²) in [6.45, 7) is 6.27. The van der Waals surface area contributed by atoms with Crippen LogP contribution in [-0.2, 0) is 0 Å². The molecule has 1 rings (SSSR count). The number of rotatable bonds is 5. The van der Waals surface area contributed by atoms with Crippen LogP contribution in [0.1, 0.15) is 37.8 Å². The van der Waals surface area contributed by atoms with Crippen molar-refractivity contribution in [2.45, 2.75) is 39.2 Å². The fraction of sp³-hybridized carbons (Fsp3) is 0.500. The Morgan fingerprint density at radius 1 is 1.47 bits per heavy atom. The standard InChI is InChI=1S/C14H20N2O/c1-4-7-14(3,17)10-16-13-6-5-11(2)8-12(13)9-15/h5-6,8,16-17H,4,7,10H2,1-3H3. The van der Waals surface area contributed by atoms with Crippen molar-refractivity contribution >= 4 is 5.69 Å². The van der Waals surface area contributed by atoms with Gasteiger partial charge >= 0.3 is 0 Å². The summed E-state index contributed by atoms with van der Waals surface area (Å²) in [5.41, 5.74) is 1.74. The number of aliphatic hydroxyl groups is 1. The van der Waals surface area contributed by atoms with Gasteiger partial charge < -0.3 is 10.4 Å². The van der Waals surface area contributed by atoms with Gasteiger partial charge in [0, 0.05) is 6.54 Å². The van der Waals surface area contributed by atoms with E-state index >= 15 is 0 Å². The van der Waals surface area contributed by atoms with E-state index in [0.717, 1.165) is 24.1 Å². The van der Waals surface area contributed by atoms with Gasteiger partial charge in [0.15, 0.2) is 0 Å². The summed E-state index contributed by atoms with van der Waals surface area (Å²) in [7, 11) is 0. The molecule has 0 aromatic heterocycles. The van der Waals surface area contributed by atoms with Crippen molar-refractivity contribution in [3.05, 3.63) is 29.3 Å². The van der Waals surface area contributed by atoms with Crippen molar-refractivity contribution in [3.8, 4) is 6.07 Å². The average molecular weight is 232 g/mol. The Kier molecular flexibility index (Phi) is 4.53. The third-order valence-corrected chi connectivity index (χ3v) is 2.74. The largest absolute Gasteiger partial charge is 0.388 e. The molecule has 3 nitrogen and oxygen atoms in total. The minimum Gasteiger partial charge on any atom is -0.388 e. The van der Waals surface area contributed by atoms with Gasteiger partial charge in [-0.05, 0) is 38.0 Å². The van der Waals surface area contributed by atoms with Crippen molar-refractivity contribution in [3.63, 3.8) is 0 Å². The number of aryl methyl sites for hydroxylation is 1. The van der Waals surface area contributed by atoms with Crippen LogP contribution in [0.25, 0.3) is 0 Å². The van der Waals surface area contributed by atoms with Crippen molar-refractivity contribution < 1.29 is 5.11 Å². The molecule has 1 aromatic carbocycles. The van der Waals surface area contributed by atoms with Crippen LogP contribution in [0.5, 0.6) is 0 Å². The molecule has 0 saturated carbocycles. The molecule has 0 heterocycles. The first-order valence-corrected chi connectivity index (χ1v) is 5.95. The molecule has 0 aliphatic heterocycles. The molecule has 0 aliphatic carbocycles. The van der Waals surface area contributed by atoms with E-state index in [4.69, 9.17) is 5.26 Å². The van der Waals surface area contributed by atoms with Crippen LogP contribution in [0.3, 0.4) is 0 Å². The predicted octanol–water partition coefficient (Wildman–Crippen LogP) is 2.83. The van der Waals surface area contributed by atoms with E-state index in [1.54, 1.807) is 0 Å². The van der Waals surface area contributed by atoms with Gasteiger partial charge in [0.05, 0.1) is 16.9 Å². The van der Waals surface area contributed by atoms with E-state index in [-0.39, 0.29) is 0 Å². The minimum atomic E-state index is -0.730. The monoisotopic (exact) mass is 232 g/mol. The maximum absolute atomic E-state index is 10.0. The fourth-order valence-corrected chi connectivity index (χ4v) is 1.82. The van der Waals surface area contributed by atoms with Gasteiger partial charge in [-0.2, -0.15) is 5.26 Å². The lowest BCUT2D eigenvalue weighted by molar-refractivity contribution is 0.0637. The average Bonchev–Trinajstić information content (AvgIpc) is 2.27. The molecule has 0 bridgehead atoms. The smallest absolute Gasteiger partial charge is 0.101 e. The Hall–Kier alpha value is -1.53. The van der Waals surface area contributed by atoms with Crippen LogP contribution in [0.2, 0.25) is 0 Å². The molecule has 0 aliphatic rings. The Labute approximate surface area is 103 Å². The molecule has 3 heteroatoms. The third kappa shape index (κ3) is 4.08. The van der Waals surface area contributed by atoms with Crippen molar-refractivity contribution in [1.29, 1.82) is 5.26 Å². The highest BCUT2D eigenvalue weighted by Gasteiger charge is 2.18. The molecule has 0 radical (unpaired) electrons. The topological polar surface area (TPSA) is 56.0 Å². The van der Waals surface area contributed by atoms with Crippen molar-refractivity contribution in [2.75, 3.05) is 11.9 Å². The van der Waals surface area contributed by atoms with Crippen LogP contribution in [-0.4, -0.2) is 17.3 Å². The lowest BCUT2D eigenvalue weighted by Crippen LogP contribution is -2.33. The fourth-order valence-electron chi connectivity index (χ4n) is 1.82. The highest BCUT2D eigenvalue weighted by atomic mass is 16.3. The lowest BCUT2D eigenvalue weighted by Gasteiger charge is -2.24. The zero-order valence-corrected chi connectivity index (χ0v) is 10.7. The van der Waals surface area contributed by atoms with Gasteiger partial charge in [0.2, 0.25) is 0 Å². The second kappa shape index (κ2) is 5.70. The number of nitrogens with one attached hydrogen (secondary N) is 1. The molecule has 1 atom stereocenters. The molecule has 2 N–H and O–H groups in total. The summed E-state index contributed by atoms with van der Waals surface area (Å²) in [4.78, 5) is 0. The normalized spacial score (nSPS) is 13.8. The van der Waals surface area contributed by atoms with E-state index in [0.29, 0.717) is 12.1 Å². The molecule has 17 heavy (non-hydrogen) atoms. The van der Waals surface area contributed by atoms with E-state index in [1.165, 1.54) is 0 Å². The van der Waals surface area contributed by atoms with Gasteiger partial charge in [0.1, 0.15) is 6.07 Å². The zero-order valence-electron chi connectivity index (χ0n) is 10.7. The molecule has 92 valence electrons. The molecule has 0 fully saturated rings. The van der Waals surface area contributed by atoms with Crippen LogP contribution < -0.4 is 5.32 Å². The molecule has 0 spiro atoms. The van der Waals surface area contributed by atoms with Gasteiger partial charge in [-0.15, -0.1) is 0 Å². The Morgan fingerprint density at radius 2 is 2.18 bits per heavy atom. The summed E-state index contributed by atoms with van der Waals surface area (Å²) in [6, 6.07) is 7.85. The van der Waals surface area contributed by atoms with E-state index in [2.05, 4.69) is 11.4 Å². The summed E-state index contributed by atoms with van der Waals surface area (Å²) < 4.78 is 0. The van der Waals surface area contributed by atoms with Gasteiger partial charge in [-0.1, -0.05) is 19.4 Å². The summed E-state index contributed by atoms with van der Waals surface area (Å²) in [5.74, 6) is 0. The van der Waals surface area contributed by atoms with Gasteiger partial charge in [0.25, 0.3) is 0 Å². The molecule has 0 amide bonds. The minimum absolute atomic E-state index is 0.457. The van der Waals surface area contributed by atoms with Crippen LogP contribution in [0, 0.1) is 18.3 Å². The molecule has 1 aromatic rings. The molecule has 1 unspecified atom stereocenters. The number of nitriles is 1. The number of nitrogens with zero attached hydrogens (tertiary/aromatic N) is 1. The predicted molar refractivity (Wildman–Crippen MR) is 69.9 cm³/mol. The Bertz CT molecular complexity index is 419. The van der Waals surface area contributed by atoms with Gasteiger partial charge in [-0.3, -0.25) is 0 Å². The highest BCUT2D eigenvalue weighted by molar-refractivity contribution is 5.58. The number of hydrogen-bond donors (Lipinski definition) is 2. The first-order chi connectivity index (χ1) is 7.98. The van der Waals surface area contributed by atoms with Crippen LogP contribution in [0.15, 0.2) is 18.2 Å². The summed E-state index contributed by atoms with van der Waals surface area (Å²) in [6.07, 6.45) is 1.68. The first kappa shape index (κ1) is 13.5. The second-order valence-electron chi connectivity index (χ2n) is 4.76. The first-order valence-electron chi connectivity index (χ1n) is 5.95. The van der Waals surface area contributed by atoms with E-state index in [9.17, 15) is 5.11 Å². The maximum atomic E-state index is 10.0. The summed E-state index contributed by atoms with van der Waals surface area (Å²) >= 11 is 0. The van der Waals surface area contributed by atoms with Crippen LogP contribution in [0.4, 0.5) is 5.69 Å². The SMILES string of the molecule is CCCC(C)(O)CNc1ccc(C)cc1C#N. The number of hydrogen-bond acceptors (Lipinski definition) is 3. The van der Waals surface area contributed by atoms with E-state index < -0.39 is 5.60 Å². The lowest BCUT2D eigenvalue weighted by atomic mass is 10.0. The third-order valence-electron chi connectivity index (χ3n) is 2.74. The number of anilines is 1. The molecular weight excluding hydrogens is 212 g/mol. The maximum Gasteiger partial charge on any atom is 0.101 e.